The molecule has 4 heterocycles. The molecular weight excluding hydrogens is 857 g/mol. The van der Waals surface area contributed by atoms with Crippen molar-refractivity contribution >= 4 is 35.8 Å². The molecule has 4 aromatic carbocycles. The molecule has 2 fully saturated rings. The van der Waals surface area contributed by atoms with Crippen molar-refractivity contribution in [2.24, 2.45) is 0 Å². The molecule has 0 spiro atoms. The number of nitrogen functional groups attached to an aromatic ring is 2. The number of nitrogens with zero attached hydrogens (tertiary/aromatic N) is 4. The molecule has 2 amide bonds. The minimum atomic E-state index is -1.18. The largest absolute Gasteiger partial charge is 0.507 e. The molecule has 0 aliphatic carbocycles. The highest BCUT2D eigenvalue weighted by atomic mass is 16.6. The number of carbonyl (C=O) groups excluding carboxylic acids is 3. The molecule has 16 heteroatoms. The lowest BCUT2D eigenvalue weighted by Gasteiger charge is -2.33. The van der Waals surface area contributed by atoms with Gasteiger partial charge in [-0.1, -0.05) is 84.9 Å². The molecule has 2 saturated heterocycles. The number of hydrogen-bond donors (Lipinski definition) is 5. The van der Waals surface area contributed by atoms with Crippen molar-refractivity contribution in [3.8, 4) is 34.0 Å². The number of aromatic nitrogens is 2. The van der Waals surface area contributed by atoms with Crippen LogP contribution in [-0.4, -0.2) is 92.5 Å². The molecule has 67 heavy (non-hydrogen) atoms. The first-order valence-electron chi connectivity index (χ1n) is 21.8. The van der Waals surface area contributed by atoms with Crippen LogP contribution in [0.2, 0.25) is 0 Å². The summed E-state index contributed by atoms with van der Waals surface area (Å²) >= 11 is 0. The summed E-state index contributed by atoms with van der Waals surface area (Å²) in [5.41, 5.74) is 17.1. The number of ether oxygens (including phenoxy) is 3. The second kappa shape index (κ2) is 21.7. The Morgan fingerprint density at radius 3 is 1.43 bits per heavy atom. The Morgan fingerprint density at radius 1 is 0.612 bits per heavy atom. The number of phenols is 2. The van der Waals surface area contributed by atoms with Gasteiger partial charge in [0.2, 0.25) is 0 Å². The van der Waals surface area contributed by atoms with Crippen molar-refractivity contribution in [3.05, 3.63) is 155 Å². The van der Waals surface area contributed by atoms with E-state index in [4.69, 9.17) is 25.7 Å². The van der Waals surface area contributed by atoms with Gasteiger partial charge in [-0.3, -0.25) is 0 Å². The Kier molecular flexibility index (Phi) is 15.2. The van der Waals surface area contributed by atoms with E-state index in [9.17, 15) is 34.5 Å². The summed E-state index contributed by atoms with van der Waals surface area (Å²) in [5.74, 6) is -2.23. The number of para-hydroxylation sites is 2. The van der Waals surface area contributed by atoms with E-state index in [1.165, 1.54) is 13.2 Å². The van der Waals surface area contributed by atoms with Crippen LogP contribution in [0.3, 0.4) is 0 Å². The van der Waals surface area contributed by atoms with Crippen molar-refractivity contribution in [2.75, 3.05) is 44.8 Å². The zero-order chi connectivity index (χ0) is 47.5. The number of piperidine rings is 2. The Balaban J connectivity index is 0.000000199. The average Bonchev–Trinajstić information content (AvgIpc) is 3.35. The second-order valence-electron chi connectivity index (χ2n) is 16.2. The third kappa shape index (κ3) is 11.4. The number of nitrogens with two attached hydrogens (primary N) is 2. The molecule has 8 rings (SSSR count). The van der Waals surface area contributed by atoms with E-state index in [0.717, 1.165) is 24.0 Å². The fourth-order valence-corrected chi connectivity index (χ4v) is 8.44. The average molecular weight is 909 g/mol. The first-order valence-corrected chi connectivity index (χ1v) is 21.8. The summed E-state index contributed by atoms with van der Waals surface area (Å²) < 4.78 is 15.9. The number of hydrogen-bond acceptors (Lipinski definition) is 13. The highest BCUT2D eigenvalue weighted by Crippen LogP contribution is 2.38. The van der Waals surface area contributed by atoms with Gasteiger partial charge in [0.15, 0.2) is 0 Å². The number of likely N-dealkylation sites (tertiary alicyclic amines) is 2. The molecule has 2 unspecified atom stereocenters. The Morgan fingerprint density at radius 2 is 1.01 bits per heavy atom. The quantitative estimate of drug-likeness (QED) is 0.0639. The van der Waals surface area contributed by atoms with Gasteiger partial charge in [0, 0.05) is 49.1 Å². The van der Waals surface area contributed by atoms with Gasteiger partial charge >= 0.3 is 24.1 Å². The van der Waals surface area contributed by atoms with Crippen molar-refractivity contribution in [1.29, 1.82) is 0 Å². The Bertz CT molecular complexity index is 2720. The SMILES string of the molecule is COC(=O)c1c(C2CCCN(C(=O)OCc3ccccc3)C2)cc(-c2ccccc2O)nc1N.Nc1nc(-c2ccccc2O)cc(C2CCCN(C(=O)OCc3ccccc3)C2)c1C(=O)O. The van der Waals surface area contributed by atoms with Crippen LogP contribution in [0, 0.1) is 0 Å². The molecule has 2 aromatic heterocycles. The number of carboxylic acid groups (broad SMARTS) is 1. The van der Waals surface area contributed by atoms with Crippen molar-refractivity contribution < 1.29 is 48.7 Å². The standard InChI is InChI=1S/C26H27N3O5.C25H25N3O5/c1-33-25(31)23-20(14-21(28-24(23)27)19-11-5-6-12-22(19)30)18-10-7-13-29(15-18)26(32)34-16-17-8-3-2-4-9-17;26-23-22(24(30)31)19(13-20(27-23)18-10-4-5-11-21(18)29)17-9-6-12-28(14-17)25(32)33-15-16-7-2-1-3-8-16/h2-6,8-9,11-12,14,18,30H,7,10,13,15-16H2,1H3,(H2,27,28);1-5,7-8,10-11,13,17,29H,6,9,12,14-15H2,(H2,26,27)(H,30,31). The van der Waals surface area contributed by atoms with Crippen LogP contribution in [0.25, 0.3) is 22.5 Å². The number of anilines is 2. The van der Waals surface area contributed by atoms with E-state index in [1.807, 2.05) is 60.7 Å². The van der Waals surface area contributed by atoms with Crippen LogP contribution < -0.4 is 11.5 Å². The lowest BCUT2D eigenvalue weighted by Crippen LogP contribution is -2.39. The molecule has 0 saturated carbocycles. The first-order chi connectivity index (χ1) is 32.4. The number of benzene rings is 4. The highest BCUT2D eigenvalue weighted by Gasteiger charge is 2.33. The number of aromatic carboxylic acids is 1. The molecule has 0 radical (unpaired) electrons. The molecule has 6 aromatic rings. The van der Waals surface area contributed by atoms with E-state index in [1.54, 1.807) is 64.4 Å². The van der Waals surface area contributed by atoms with Crippen LogP contribution in [-0.2, 0) is 27.4 Å². The van der Waals surface area contributed by atoms with E-state index >= 15 is 0 Å². The fourth-order valence-electron chi connectivity index (χ4n) is 8.44. The van der Waals surface area contributed by atoms with Gasteiger partial charge in [-0.25, -0.2) is 29.1 Å². The van der Waals surface area contributed by atoms with Crippen LogP contribution in [0.15, 0.2) is 121 Å². The van der Waals surface area contributed by atoms with Crippen LogP contribution in [0.5, 0.6) is 11.5 Å². The smallest absolute Gasteiger partial charge is 0.410 e. The number of esters is 1. The van der Waals surface area contributed by atoms with Gasteiger partial charge in [0.25, 0.3) is 0 Å². The third-order valence-corrected chi connectivity index (χ3v) is 11.8. The number of methoxy groups -OCH3 is 1. The second-order valence-corrected chi connectivity index (χ2v) is 16.2. The summed E-state index contributed by atoms with van der Waals surface area (Å²) in [5, 5.41) is 30.3. The molecule has 2 atom stereocenters. The molecular formula is C51H52N6O10. The first kappa shape index (κ1) is 46.8. The Labute approximate surface area is 387 Å². The van der Waals surface area contributed by atoms with Crippen molar-refractivity contribution in [1.82, 2.24) is 19.8 Å². The van der Waals surface area contributed by atoms with Gasteiger partial charge in [-0.2, -0.15) is 0 Å². The van der Waals surface area contributed by atoms with Gasteiger partial charge in [0.1, 0.15) is 47.5 Å². The topological polar surface area (TPSA) is 241 Å². The maximum Gasteiger partial charge on any atom is 0.410 e. The van der Waals surface area contributed by atoms with E-state index in [2.05, 4.69) is 9.97 Å². The fraction of sp³-hybridized carbons (Fsp3) is 0.255. The lowest BCUT2D eigenvalue weighted by atomic mass is 9.87. The zero-order valence-corrected chi connectivity index (χ0v) is 36.9. The molecule has 2 aliphatic heterocycles. The van der Waals surface area contributed by atoms with Gasteiger partial charge < -0.3 is 50.8 Å². The summed E-state index contributed by atoms with van der Waals surface area (Å²) in [6.07, 6.45) is 2.01. The zero-order valence-electron chi connectivity index (χ0n) is 36.9. The molecule has 0 bridgehead atoms. The predicted octanol–water partition coefficient (Wildman–Crippen LogP) is 8.59. The number of pyridine rings is 2. The number of rotatable bonds is 10. The summed E-state index contributed by atoms with van der Waals surface area (Å²) in [4.78, 5) is 61.9. The molecule has 16 nitrogen and oxygen atoms in total. The minimum absolute atomic E-state index is 0.0198. The monoisotopic (exact) mass is 908 g/mol. The number of carboxylic acids is 1. The summed E-state index contributed by atoms with van der Waals surface area (Å²) in [6.45, 7) is 2.11. The normalized spacial score (nSPS) is 15.7. The number of amides is 2. The van der Waals surface area contributed by atoms with Crippen LogP contribution >= 0.6 is 0 Å². The highest BCUT2D eigenvalue weighted by molar-refractivity contribution is 5.97. The number of phenolic OH excluding ortho intramolecular Hbond substituents is 2. The van der Waals surface area contributed by atoms with Crippen molar-refractivity contribution in [2.45, 2.75) is 50.7 Å². The third-order valence-electron chi connectivity index (χ3n) is 11.8. The number of carbonyl (C=O) groups is 4. The maximum atomic E-state index is 12.8. The molecule has 7 N–H and O–H groups in total. The predicted molar refractivity (Wildman–Crippen MR) is 250 cm³/mol. The maximum absolute atomic E-state index is 12.8. The van der Waals surface area contributed by atoms with Gasteiger partial charge in [0.05, 0.1) is 18.5 Å². The van der Waals surface area contributed by atoms with Gasteiger partial charge in [-0.15, -0.1) is 0 Å². The van der Waals surface area contributed by atoms with Gasteiger partial charge in [-0.05, 0) is 84.3 Å². The van der Waals surface area contributed by atoms with Crippen LogP contribution in [0.4, 0.5) is 21.2 Å². The van der Waals surface area contributed by atoms with Crippen LogP contribution in [0.1, 0.15) is 80.5 Å². The van der Waals surface area contributed by atoms with E-state index in [-0.39, 0.29) is 59.3 Å². The molecule has 346 valence electrons. The summed E-state index contributed by atoms with van der Waals surface area (Å²) in [6, 6.07) is 35.8. The van der Waals surface area contributed by atoms with Crippen molar-refractivity contribution in [3.63, 3.8) is 0 Å². The molecule has 2 aliphatic rings. The van der Waals surface area contributed by atoms with E-state index < -0.39 is 24.1 Å². The van der Waals surface area contributed by atoms with E-state index in [0.29, 0.717) is 72.7 Å². The minimum Gasteiger partial charge on any atom is -0.507 e. The lowest BCUT2D eigenvalue weighted by molar-refractivity contribution is 0.0597. The summed E-state index contributed by atoms with van der Waals surface area (Å²) in [7, 11) is 1.29. The number of aromatic hydroxyl groups is 2. The Hall–Kier alpha value is -8.14.